The number of amides is 2. The molecule has 23 heavy (non-hydrogen) atoms. The van der Waals surface area contributed by atoms with Gasteiger partial charge in [0.1, 0.15) is 0 Å². The highest BCUT2D eigenvalue weighted by Crippen LogP contribution is 2.12. The SMILES string of the molecule is CC(C(=O)Nc1ccc(I)cc1)N(C)CC(=O)N1CCOCC1. The average Bonchev–Trinajstić information content (AvgIpc) is 2.56. The Labute approximate surface area is 150 Å². The molecular weight excluding hydrogens is 409 g/mol. The predicted octanol–water partition coefficient (Wildman–Crippen LogP) is 1.41. The second-order valence-electron chi connectivity index (χ2n) is 5.58. The molecule has 0 radical (unpaired) electrons. The van der Waals surface area contributed by atoms with E-state index >= 15 is 0 Å². The maximum atomic E-state index is 12.3. The number of carbonyl (C=O) groups excluding carboxylic acids is 2. The predicted molar refractivity (Wildman–Crippen MR) is 97.3 cm³/mol. The summed E-state index contributed by atoms with van der Waals surface area (Å²) < 4.78 is 6.36. The lowest BCUT2D eigenvalue weighted by atomic mass is 10.2. The molecule has 1 aromatic rings. The van der Waals surface area contributed by atoms with E-state index in [1.807, 2.05) is 24.3 Å². The summed E-state index contributed by atoms with van der Waals surface area (Å²) in [6.07, 6.45) is 0. The van der Waals surface area contributed by atoms with Gasteiger partial charge in [-0.15, -0.1) is 0 Å². The molecule has 1 aliphatic rings. The van der Waals surface area contributed by atoms with Gasteiger partial charge in [-0.25, -0.2) is 0 Å². The molecule has 0 spiro atoms. The average molecular weight is 431 g/mol. The summed E-state index contributed by atoms with van der Waals surface area (Å²) in [6.45, 7) is 4.43. The fourth-order valence-corrected chi connectivity index (χ4v) is 2.60. The summed E-state index contributed by atoms with van der Waals surface area (Å²) in [5.41, 5.74) is 0.759. The lowest BCUT2D eigenvalue weighted by Crippen LogP contribution is -2.48. The van der Waals surface area contributed by atoms with Crippen LogP contribution in [0.15, 0.2) is 24.3 Å². The number of carbonyl (C=O) groups is 2. The molecule has 1 saturated heterocycles. The van der Waals surface area contributed by atoms with Gasteiger partial charge in [0.25, 0.3) is 0 Å². The van der Waals surface area contributed by atoms with E-state index in [0.717, 1.165) is 9.26 Å². The molecule has 1 aromatic carbocycles. The normalized spacial score (nSPS) is 16.3. The first-order valence-electron chi connectivity index (χ1n) is 7.59. The third-order valence-electron chi connectivity index (χ3n) is 3.90. The molecule has 2 rings (SSSR count). The van der Waals surface area contributed by atoms with E-state index in [2.05, 4.69) is 27.9 Å². The number of nitrogens with zero attached hydrogens (tertiary/aromatic N) is 2. The van der Waals surface area contributed by atoms with Crippen LogP contribution in [-0.2, 0) is 14.3 Å². The first kappa shape index (κ1) is 18.2. The number of hydrogen-bond donors (Lipinski definition) is 1. The van der Waals surface area contributed by atoms with Crippen LogP contribution < -0.4 is 5.32 Å². The molecule has 6 nitrogen and oxygen atoms in total. The fourth-order valence-electron chi connectivity index (χ4n) is 2.24. The van der Waals surface area contributed by atoms with Crippen molar-refractivity contribution in [3.05, 3.63) is 27.8 Å². The highest BCUT2D eigenvalue weighted by Gasteiger charge is 2.23. The summed E-state index contributed by atoms with van der Waals surface area (Å²) >= 11 is 2.22. The lowest BCUT2D eigenvalue weighted by molar-refractivity contribution is -0.137. The molecule has 1 N–H and O–H groups in total. The van der Waals surface area contributed by atoms with Gasteiger partial charge in [0.05, 0.1) is 25.8 Å². The van der Waals surface area contributed by atoms with E-state index in [1.54, 1.807) is 23.8 Å². The Bertz CT molecular complexity index is 544. The van der Waals surface area contributed by atoms with Crippen LogP contribution >= 0.6 is 22.6 Å². The lowest BCUT2D eigenvalue weighted by Gasteiger charge is -2.30. The maximum absolute atomic E-state index is 12.3. The van der Waals surface area contributed by atoms with E-state index in [4.69, 9.17) is 4.74 Å². The number of rotatable bonds is 5. The number of halogens is 1. The second kappa shape index (κ2) is 8.60. The van der Waals surface area contributed by atoms with E-state index < -0.39 is 0 Å². The molecule has 0 aliphatic carbocycles. The number of nitrogens with one attached hydrogen (secondary N) is 1. The molecule has 1 aliphatic heterocycles. The summed E-state index contributed by atoms with van der Waals surface area (Å²) in [5.74, 6) is -0.0896. The van der Waals surface area contributed by atoms with E-state index in [-0.39, 0.29) is 24.4 Å². The number of anilines is 1. The van der Waals surface area contributed by atoms with Crippen LogP contribution in [0, 0.1) is 3.57 Å². The van der Waals surface area contributed by atoms with E-state index in [9.17, 15) is 9.59 Å². The Morgan fingerprint density at radius 3 is 2.52 bits per heavy atom. The number of morpholine rings is 1. The summed E-state index contributed by atoms with van der Waals surface area (Å²) in [5, 5.41) is 2.87. The van der Waals surface area contributed by atoms with Gasteiger partial charge in [-0.05, 0) is 60.8 Å². The molecule has 126 valence electrons. The third-order valence-corrected chi connectivity index (χ3v) is 4.62. The summed E-state index contributed by atoms with van der Waals surface area (Å²) in [7, 11) is 1.79. The van der Waals surface area contributed by atoms with Crippen molar-refractivity contribution in [3.63, 3.8) is 0 Å². The highest BCUT2D eigenvalue weighted by atomic mass is 127. The van der Waals surface area contributed by atoms with Crippen LogP contribution in [-0.4, -0.2) is 67.6 Å². The van der Waals surface area contributed by atoms with Crippen molar-refractivity contribution in [2.45, 2.75) is 13.0 Å². The maximum Gasteiger partial charge on any atom is 0.241 e. The van der Waals surface area contributed by atoms with Gasteiger partial charge in [0, 0.05) is 22.3 Å². The first-order chi connectivity index (χ1) is 11.0. The molecule has 1 heterocycles. The van der Waals surface area contributed by atoms with Crippen molar-refractivity contribution in [3.8, 4) is 0 Å². The van der Waals surface area contributed by atoms with Gasteiger partial charge < -0.3 is 15.0 Å². The Balaban J connectivity index is 1.85. The van der Waals surface area contributed by atoms with Crippen LogP contribution in [0.4, 0.5) is 5.69 Å². The number of benzene rings is 1. The van der Waals surface area contributed by atoms with Gasteiger partial charge in [-0.2, -0.15) is 0 Å². The van der Waals surface area contributed by atoms with Crippen LogP contribution in [0.1, 0.15) is 6.92 Å². The summed E-state index contributed by atoms with van der Waals surface area (Å²) in [4.78, 5) is 28.1. The van der Waals surface area contributed by atoms with Gasteiger partial charge in [0.2, 0.25) is 11.8 Å². The molecule has 0 aromatic heterocycles. The molecule has 1 unspecified atom stereocenters. The summed E-state index contributed by atoms with van der Waals surface area (Å²) in [6, 6.07) is 7.22. The second-order valence-corrected chi connectivity index (χ2v) is 6.83. The van der Waals surface area contributed by atoms with Crippen LogP contribution in [0.2, 0.25) is 0 Å². The Hall–Kier alpha value is -1.19. The van der Waals surface area contributed by atoms with Crippen LogP contribution in [0.25, 0.3) is 0 Å². The minimum Gasteiger partial charge on any atom is -0.378 e. The quantitative estimate of drug-likeness (QED) is 0.717. The molecule has 0 saturated carbocycles. The van der Waals surface area contributed by atoms with Crippen molar-refractivity contribution in [2.24, 2.45) is 0 Å². The van der Waals surface area contributed by atoms with Crippen molar-refractivity contribution in [1.29, 1.82) is 0 Å². The Morgan fingerprint density at radius 2 is 1.91 bits per heavy atom. The smallest absolute Gasteiger partial charge is 0.241 e. The van der Waals surface area contributed by atoms with E-state index in [0.29, 0.717) is 26.3 Å². The number of likely N-dealkylation sites (N-methyl/N-ethyl adjacent to an activating group) is 1. The van der Waals surface area contributed by atoms with Gasteiger partial charge in [-0.3, -0.25) is 14.5 Å². The standard InChI is InChI=1S/C16H22IN3O3/c1-12(16(22)18-14-5-3-13(17)4-6-14)19(2)11-15(21)20-7-9-23-10-8-20/h3-6,12H,7-11H2,1-2H3,(H,18,22). The zero-order chi connectivity index (χ0) is 16.8. The molecule has 2 amide bonds. The monoisotopic (exact) mass is 431 g/mol. The largest absolute Gasteiger partial charge is 0.378 e. The van der Waals surface area contributed by atoms with E-state index in [1.165, 1.54) is 0 Å². The third kappa shape index (κ3) is 5.43. The minimum atomic E-state index is -0.390. The van der Waals surface area contributed by atoms with Gasteiger partial charge in [0.15, 0.2) is 0 Å². The zero-order valence-electron chi connectivity index (χ0n) is 13.4. The Morgan fingerprint density at radius 1 is 1.30 bits per heavy atom. The highest BCUT2D eigenvalue weighted by molar-refractivity contribution is 14.1. The fraction of sp³-hybridized carbons (Fsp3) is 0.500. The molecular formula is C16H22IN3O3. The Kier molecular flexibility index (Phi) is 6.79. The van der Waals surface area contributed by atoms with Crippen LogP contribution in [0.5, 0.6) is 0 Å². The van der Waals surface area contributed by atoms with Gasteiger partial charge >= 0.3 is 0 Å². The molecule has 0 bridgehead atoms. The number of ether oxygens (including phenoxy) is 1. The zero-order valence-corrected chi connectivity index (χ0v) is 15.6. The first-order valence-corrected chi connectivity index (χ1v) is 8.67. The van der Waals surface area contributed by atoms with Crippen molar-refractivity contribution >= 4 is 40.1 Å². The van der Waals surface area contributed by atoms with Crippen molar-refractivity contribution < 1.29 is 14.3 Å². The molecule has 1 fully saturated rings. The minimum absolute atomic E-state index is 0.0321. The van der Waals surface area contributed by atoms with Crippen molar-refractivity contribution in [2.75, 3.05) is 45.2 Å². The van der Waals surface area contributed by atoms with Gasteiger partial charge in [-0.1, -0.05) is 0 Å². The van der Waals surface area contributed by atoms with Crippen LogP contribution in [0.3, 0.4) is 0 Å². The topological polar surface area (TPSA) is 61.9 Å². The molecule has 1 atom stereocenters. The number of hydrogen-bond acceptors (Lipinski definition) is 4. The molecule has 7 heteroatoms. The van der Waals surface area contributed by atoms with Crippen molar-refractivity contribution in [1.82, 2.24) is 9.80 Å².